The van der Waals surface area contributed by atoms with E-state index >= 15 is 0 Å². The van der Waals surface area contributed by atoms with Crippen molar-refractivity contribution in [2.75, 3.05) is 11.9 Å². The fourth-order valence-electron chi connectivity index (χ4n) is 4.82. The second kappa shape index (κ2) is 11.4. The highest BCUT2D eigenvalue weighted by Crippen LogP contribution is 2.34. The van der Waals surface area contributed by atoms with Gasteiger partial charge in [-0.25, -0.2) is 13.8 Å². The van der Waals surface area contributed by atoms with Crippen LogP contribution in [0.15, 0.2) is 53.7 Å². The molecule has 2 heterocycles. The third kappa shape index (κ3) is 6.28. The molecule has 9 nitrogen and oxygen atoms in total. The number of guanidine groups is 1. The van der Waals surface area contributed by atoms with Crippen LogP contribution in [0.4, 0.5) is 14.5 Å². The summed E-state index contributed by atoms with van der Waals surface area (Å²) in [5.41, 5.74) is 14.7. The number of amides is 2. The highest BCUT2D eigenvalue weighted by molar-refractivity contribution is 7.17. The van der Waals surface area contributed by atoms with Gasteiger partial charge < -0.3 is 22.1 Å². The molecule has 12 heteroatoms. The van der Waals surface area contributed by atoms with Crippen molar-refractivity contribution >= 4 is 39.8 Å². The molecule has 0 radical (unpaired) electrons. The van der Waals surface area contributed by atoms with Crippen LogP contribution in [0.25, 0.3) is 16.2 Å². The van der Waals surface area contributed by atoms with E-state index in [1.165, 1.54) is 17.5 Å². The number of hydrogen-bond donors (Lipinski definition) is 4. The molecule has 1 aliphatic rings. The number of aliphatic imine (C=N–C) groups is 1. The van der Waals surface area contributed by atoms with Gasteiger partial charge in [-0.2, -0.15) is 0 Å². The van der Waals surface area contributed by atoms with Crippen molar-refractivity contribution in [3.63, 3.8) is 0 Å². The number of nitrogens with one attached hydrogen (secondary N) is 2. The second-order valence-corrected chi connectivity index (χ2v) is 11.0. The summed E-state index contributed by atoms with van der Waals surface area (Å²) in [6.07, 6.45) is 4.68. The Hall–Kier alpha value is -4.32. The van der Waals surface area contributed by atoms with Crippen molar-refractivity contribution in [1.29, 1.82) is 0 Å². The standard InChI is InChI=1S/C28H29F2N7O2S/c1-15(34-25(38)11-17-8-19(29)12-20(30)9-17)26(39)35-21-5-3-18(4-6-21)22-14-37-23-7-2-16(13-33-27(31)32)10-24(23)40-28(37)36-22/h3-6,8-9,12,14-16H,2,7,10-11,13H2,1H3,(H,34,38)(H,35,39)(H4,31,32,33)/t15-,16?/m0/s1. The molecular weight excluding hydrogens is 536 g/mol. The minimum Gasteiger partial charge on any atom is -0.370 e. The van der Waals surface area contributed by atoms with Crippen molar-refractivity contribution in [2.45, 2.75) is 38.6 Å². The lowest BCUT2D eigenvalue weighted by molar-refractivity contribution is -0.125. The van der Waals surface area contributed by atoms with E-state index in [1.54, 1.807) is 23.5 Å². The fourth-order valence-corrected chi connectivity index (χ4v) is 6.08. The lowest BCUT2D eigenvalue weighted by atomic mass is 9.91. The molecule has 1 aliphatic carbocycles. The Morgan fingerprint density at radius 2 is 1.90 bits per heavy atom. The topological polar surface area (TPSA) is 140 Å². The first-order valence-corrected chi connectivity index (χ1v) is 13.7. The molecule has 0 bridgehead atoms. The maximum atomic E-state index is 13.4. The van der Waals surface area contributed by atoms with Crippen LogP contribution in [0.1, 0.15) is 29.5 Å². The number of anilines is 1. The molecule has 0 saturated carbocycles. The molecule has 1 unspecified atom stereocenters. The van der Waals surface area contributed by atoms with E-state index in [-0.39, 0.29) is 17.9 Å². The zero-order chi connectivity index (χ0) is 28.4. The number of carbonyl (C=O) groups excluding carboxylic acids is 2. The summed E-state index contributed by atoms with van der Waals surface area (Å²) in [5.74, 6) is -1.91. The Morgan fingerprint density at radius 1 is 1.18 bits per heavy atom. The Morgan fingerprint density at radius 3 is 2.60 bits per heavy atom. The van der Waals surface area contributed by atoms with Crippen molar-refractivity contribution < 1.29 is 18.4 Å². The van der Waals surface area contributed by atoms with Crippen LogP contribution in [0.5, 0.6) is 0 Å². The largest absolute Gasteiger partial charge is 0.370 e. The smallest absolute Gasteiger partial charge is 0.246 e. The number of hydrogen-bond acceptors (Lipinski definition) is 5. The Kier molecular flexibility index (Phi) is 7.78. The number of thiazole rings is 1. The van der Waals surface area contributed by atoms with E-state index in [1.807, 2.05) is 18.3 Å². The van der Waals surface area contributed by atoms with Gasteiger partial charge in [-0.15, -0.1) is 11.3 Å². The summed E-state index contributed by atoms with van der Waals surface area (Å²) in [4.78, 5) is 36.1. The summed E-state index contributed by atoms with van der Waals surface area (Å²) in [7, 11) is 0. The van der Waals surface area contributed by atoms with E-state index in [2.05, 4.69) is 20.0 Å². The number of nitrogens with zero attached hydrogens (tertiary/aromatic N) is 3. The molecule has 2 aromatic heterocycles. The normalized spacial score (nSPS) is 15.3. The second-order valence-electron chi connectivity index (χ2n) is 9.94. The summed E-state index contributed by atoms with van der Waals surface area (Å²) in [6, 6.07) is 9.35. The zero-order valence-electron chi connectivity index (χ0n) is 21.8. The molecule has 2 amide bonds. The van der Waals surface area contributed by atoms with Crippen molar-refractivity contribution in [1.82, 2.24) is 14.7 Å². The van der Waals surface area contributed by atoms with E-state index in [9.17, 15) is 18.4 Å². The van der Waals surface area contributed by atoms with E-state index in [0.717, 1.165) is 53.7 Å². The number of carbonyl (C=O) groups is 2. The molecule has 0 saturated heterocycles. The van der Waals surface area contributed by atoms with Gasteiger partial charge in [-0.3, -0.25) is 19.0 Å². The average molecular weight is 566 g/mol. The van der Waals surface area contributed by atoms with Gasteiger partial charge in [0.15, 0.2) is 10.9 Å². The van der Waals surface area contributed by atoms with E-state index in [0.29, 0.717) is 18.2 Å². The average Bonchev–Trinajstić information content (AvgIpc) is 3.45. The van der Waals surface area contributed by atoms with Crippen LogP contribution in [-0.2, 0) is 28.9 Å². The molecule has 6 N–H and O–H groups in total. The van der Waals surface area contributed by atoms with Gasteiger partial charge in [0.05, 0.1) is 12.1 Å². The number of halogens is 2. The fraction of sp³-hybridized carbons (Fsp3) is 0.286. The highest BCUT2D eigenvalue weighted by Gasteiger charge is 2.24. The summed E-state index contributed by atoms with van der Waals surface area (Å²) >= 11 is 1.69. The van der Waals surface area contributed by atoms with Gasteiger partial charge in [0.25, 0.3) is 0 Å². The quantitative estimate of drug-likeness (QED) is 0.192. The van der Waals surface area contributed by atoms with Gasteiger partial charge in [0.2, 0.25) is 11.8 Å². The predicted molar refractivity (Wildman–Crippen MR) is 151 cm³/mol. The molecule has 0 aliphatic heterocycles. The molecule has 5 rings (SSSR count). The Bertz CT molecular complexity index is 1570. The summed E-state index contributed by atoms with van der Waals surface area (Å²) in [6.45, 7) is 2.17. The van der Waals surface area contributed by atoms with Crippen LogP contribution in [0.3, 0.4) is 0 Å². The van der Waals surface area contributed by atoms with Crippen LogP contribution in [0, 0.1) is 17.6 Å². The van der Waals surface area contributed by atoms with E-state index in [4.69, 9.17) is 16.5 Å². The van der Waals surface area contributed by atoms with Crippen LogP contribution in [0.2, 0.25) is 0 Å². The SMILES string of the molecule is C[C@H](NC(=O)Cc1cc(F)cc(F)c1)C(=O)Nc1ccc(-c2cn3c4c(sc3n2)CC(CN=C(N)N)CC4)cc1. The molecule has 2 atom stereocenters. The van der Waals surface area contributed by atoms with Gasteiger partial charge >= 0.3 is 0 Å². The number of fused-ring (bicyclic) bond motifs is 3. The summed E-state index contributed by atoms with van der Waals surface area (Å²) < 4.78 is 28.9. The predicted octanol–water partition coefficient (Wildman–Crippen LogP) is 3.41. The number of imidazole rings is 1. The summed E-state index contributed by atoms with van der Waals surface area (Å²) in [5, 5.41) is 5.32. The Balaban J connectivity index is 1.18. The van der Waals surface area contributed by atoms with Crippen molar-refractivity contribution in [3.8, 4) is 11.3 Å². The third-order valence-electron chi connectivity index (χ3n) is 6.80. The van der Waals surface area contributed by atoms with Crippen molar-refractivity contribution in [3.05, 3.63) is 76.4 Å². The van der Waals surface area contributed by atoms with Gasteiger partial charge in [-0.1, -0.05) is 12.1 Å². The lowest BCUT2D eigenvalue weighted by Crippen LogP contribution is -2.42. The zero-order valence-corrected chi connectivity index (χ0v) is 22.6. The molecule has 4 aromatic rings. The van der Waals surface area contributed by atoms with E-state index < -0.39 is 29.5 Å². The van der Waals surface area contributed by atoms with Gasteiger partial charge in [0, 0.05) is 40.6 Å². The van der Waals surface area contributed by atoms with Gasteiger partial charge in [0.1, 0.15) is 17.7 Å². The first-order chi connectivity index (χ1) is 19.1. The maximum Gasteiger partial charge on any atom is 0.246 e. The number of rotatable bonds is 8. The van der Waals surface area contributed by atoms with Crippen LogP contribution >= 0.6 is 11.3 Å². The van der Waals surface area contributed by atoms with Crippen molar-refractivity contribution in [2.24, 2.45) is 22.4 Å². The molecular formula is C28H29F2N7O2S. The third-order valence-corrected chi connectivity index (χ3v) is 7.92. The highest BCUT2D eigenvalue weighted by atomic mass is 32.1. The lowest BCUT2D eigenvalue weighted by Gasteiger charge is -2.20. The molecule has 0 spiro atoms. The number of aromatic nitrogens is 2. The first-order valence-electron chi connectivity index (χ1n) is 12.9. The molecule has 2 aromatic carbocycles. The maximum absolute atomic E-state index is 13.4. The number of benzene rings is 2. The molecule has 0 fully saturated rings. The van der Waals surface area contributed by atoms with Crippen LogP contribution in [-0.4, -0.2) is 39.7 Å². The number of nitrogens with two attached hydrogens (primary N) is 2. The van der Waals surface area contributed by atoms with Crippen LogP contribution < -0.4 is 22.1 Å². The minimum atomic E-state index is -0.851. The molecule has 208 valence electrons. The first kappa shape index (κ1) is 27.3. The minimum absolute atomic E-state index is 0.125. The monoisotopic (exact) mass is 565 g/mol. The number of aryl methyl sites for hydroxylation is 1. The van der Waals surface area contributed by atoms with Gasteiger partial charge in [-0.05, 0) is 61.9 Å². The Labute approximate surface area is 233 Å². The molecule has 40 heavy (non-hydrogen) atoms.